The summed E-state index contributed by atoms with van der Waals surface area (Å²) < 4.78 is 5.41. The molecule has 0 bridgehead atoms. The molecule has 10 nitrogen and oxygen atoms in total. The number of hydrogen-bond acceptors (Lipinski definition) is 7. The van der Waals surface area contributed by atoms with E-state index in [0.717, 1.165) is 28.9 Å². The Kier molecular flexibility index (Phi) is 5.50. The van der Waals surface area contributed by atoms with E-state index < -0.39 is 46.2 Å². The molecule has 0 radical (unpaired) electrons. The molecule has 3 fully saturated rings. The highest BCUT2D eigenvalue weighted by atomic mass is 16.6. The van der Waals surface area contributed by atoms with E-state index in [9.17, 15) is 24.5 Å². The SMILES string of the molecule is O=C1OC[C@H](c2ccccc2)N1C(=O)[C@H]1[C@H](c2ccccc2)[C@H]2CCCN2[C@]12C(=O)Nc1ccc([N+](=O)[O-])cc12. The van der Waals surface area contributed by atoms with Crippen molar-refractivity contribution in [3.05, 3.63) is 106 Å². The zero-order valence-electron chi connectivity index (χ0n) is 21.4. The van der Waals surface area contributed by atoms with E-state index in [1.807, 2.05) is 60.7 Å². The van der Waals surface area contributed by atoms with Gasteiger partial charge in [0.1, 0.15) is 18.2 Å². The largest absolute Gasteiger partial charge is 0.446 e. The highest BCUT2D eigenvalue weighted by Gasteiger charge is 2.71. The number of imide groups is 1. The van der Waals surface area contributed by atoms with Crippen LogP contribution in [0.1, 0.15) is 41.5 Å². The van der Waals surface area contributed by atoms with E-state index in [4.69, 9.17) is 4.74 Å². The second-order valence-corrected chi connectivity index (χ2v) is 10.7. The van der Waals surface area contributed by atoms with Crippen molar-refractivity contribution in [3.63, 3.8) is 0 Å². The average Bonchev–Trinajstić information content (AvgIpc) is 3.72. The van der Waals surface area contributed by atoms with Crippen LogP contribution in [0.4, 0.5) is 16.2 Å². The third kappa shape index (κ3) is 3.29. The molecule has 1 spiro atoms. The van der Waals surface area contributed by atoms with Gasteiger partial charge < -0.3 is 10.1 Å². The number of carbonyl (C=O) groups excluding carboxylic acids is 3. The van der Waals surface area contributed by atoms with Crippen molar-refractivity contribution in [1.29, 1.82) is 0 Å². The van der Waals surface area contributed by atoms with Crippen LogP contribution in [0.3, 0.4) is 0 Å². The minimum Gasteiger partial charge on any atom is -0.446 e. The smallest absolute Gasteiger partial charge is 0.417 e. The van der Waals surface area contributed by atoms with Crippen LogP contribution in [0.15, 0.2) is 78.9 Å². The van der Waals surface area contributed by atoms with Crippen molar-refractivity contribution in [2.75, 3.05) is 18.5 Å². The molecule has 5 atom stereocenters. The Bertz CT molecular complexity index is 1550. The van der Waals surface area contributed by atoms with Crippen molar-refractivity contribution < 1.29 is 24.0 Å². The Morgan fingerprint density at radius 2 is 1.70 bits per heavy atom. The molecule has 0 saturated carbocycles. The highest BCUT2D eigenvalue weighted by Crippen LogP contribution is 2.61. The molecule has 0 aliphatic carbocycles. The zero-order chi connectivity index (χ0) is 27.6. The van der Waals surface area contributed by atoms with Crippen LogP contribution in [0.2, 0.25) is 0 Å². The Morgan fingerprint density at radius 1 is 1.00 bits per heavy atom. The summed E-state index contributed by atoms with van der Waals surface area (Å²) in [5.41, 5.74) is 0.783. The molecule has 7 rings (SSSR count). The van der Waals surface area contributed by atoms with Gasteiger partial charge in [-0.2, -0.15) is 0 Å². The van der Waals surface area contributed by atoms with Crippen LogP contribution >= 0.6 is 0 Å². The maximum atomic E-state index is 14.9. The third-order valence-corrected chi connectivity index (χ3v) is 8.94. The molecule has 0 aromatic heterocycles. The van der Waals surface area contributed by atoms with Gasteiger partial charge in [0.2, 0.25) is 11.8 Å². The third-order valence-electron chi connectivity index (χ3n) is 8.94. The number of carbonyl (C=O) groups is 3. The first kappa shape index (κ1) is 24.5. The van der Waals surface area contributed by atoms with Crippen molar-refractivity contribution in [2.24, 2.45) is 5.92 Å². The van der Waals surface area contributed by atoms with E-state index in [-0.39, 0.29) is 18.3 Å². The first-order chi connectivity index (χ1) is 19.4. The molecule has 0 unspecified atom stereocenters. The number of nitrogens with one attached hydrogen (secondary N) is 1. The standard InChI is InChI=1S/C30H26N4O6/c35-27(33-24(17-40-29(33)37)18-8-3-1-4-9-18)26-25(19-10-5-2-6-11-19)23-12-7-15-32(23)30(26)21-16-20(34(38)39)13-14-22(21)31-28(30)36/h1-6,8-11,13-14,16,23-26H,7,12,15,17H2,(H,31,36)/t23-,24-,25-,26-,30+/m1/s1. The number of ether oxygens (including phenoxy) is 1. The minimum atomic E-state index is -1.52. The topological polar surface area (TPSA) is 122 Å². The van der Waals surface area contributed by atoms with Gasteiger partial charge in [0.15, 0.2) is 0 Å². The monoisotopic (exact) mass is 538 g/mol. The maximum absolute atomic E-state index is 14.9. The summed E-state index contributed by atoms with van der Waals surface area (Å²) in [7, 11) is 0. The molecule has 4 aliphatic rings. The number of anilines is 1. The number of cyclic esters (lactones) is 1. The molecule has 202 valence electrons. The Labute approximate surface area is 229 Å². The van der Waals surface area contributed by atoms with E-state index in [0.29, 0.717) is 17.8 Å². The Balaban J connectivity index is 1.46. The predicted octanol–water partition coefficient (Wildman–Crippen LogP) is 4.34. The first-order valence-corrected chi connectivity index (χ1v) is 13.4. The van der Waals surface area contributed by atoms with Gasteiger partial charge in [-0.25, -0.2) is 9.69 Å². The molecule has 3 saturated heterocycles. The number of rotatable bonds is 4. The van der Waals surface area contributed by atoms with Gasteiger partial charge in [-0.3, -0.25) is 24.6 Å². The number of non-ortho nitro benzene ring substituents is 1. The fraction of sp³-hybridized carbons (Fsp3) is 0.300. The number of nitro benzene ring substituents is 1. The second kappa shape index (κ2) is 8.99. The molecule has 3 aromatic carbocycles. The summed E-state index contributed by atoms with van der Waals surface area (Å²) in [4.78, 5) is 56.8. The van der Waals surface area contributed by atoms with Gasteiger partial charge in [0, 0.05) is 35.3 Å². The van der Waals surface area contributed by atoms with Gasteiger partial charge in [0.05, 0.1) is 10.8 Å². The van der Waals surface area contributed by atoms with E-state index in [1.165, 1.54) is 18.2 Å². The van der Waals surface area contributed by atoms with Crippen LogP contribution in [-0.2, 0) is 19.9 Å². The predicted molar refractivity (Wildman–Crippen MR) is 143 cm³/mol. The van der Waals surface area contributed by atoms with Crippen molar-refractivity contribution >= 4 is 29.3 Å². The quantitative estimate of drug-likeness (QED) is 0.387. The summed E-state index contributed by atoms with van der Waals surface area (Å²) >= 11 is 0. The molecule has 3 amide bonds. The lowest BCUT2D eigenvalue weighted by Crippen LogP contribution is -2.55. The Morgan fingerprint density at radius 3 is 2.40 bits per heavy atom. The number of amides is 3. The lowest BCUT2D eigenvalue weighted by Gasteiger charge is -2.38. The van der Waals surface area contributed by atoms with Crippen LogP contribution in [0.25, 0.3) is 0 Å². The number of nitrogens with zero attached hydrogens (tertiary/aromatic N) is 3. The molecule has 1 N–H and O–H groups in total. The van der Waals surface area contributed by atoms with E-state index in [2.05, 4.69) is 10.2 Å². The minimum absolute atomic E-state index is 0.00566. The molecule has 10 heteroatoms. The lowest BCUT2D eigenvalue weighted by molar-refractivity contribution is -0.385. The van der Waals surface area contributed by atoms with Gasteiger partial charge in [-0.1, -0.05) is 60.7 Å². The van der Waals surface area contributed by atoms with Gasteiger partial charge >= 0.3 is 6.09 Å². The number of benzene rings is 3. The maximum Gasteiger partial charge on any atom is 0.417 e. The molecule has 4 heterocycles. The van der Waals surface area contributed by atoms with Crippen LogP contribution in [0.5, 0.6) is 0 Å². The molecular formula is C30H26N4O6. The summed E-state index contributed by atoms with van der Waals surface area (Å²) in [6.07, 6.45) is 0.799. The first-order valence-electron chi connectivity index (χ1n) is 13.4. The lowest BCUT2D eigenvalue weighted by atomic mass is 9.71. The summed E-state index contributed by atoms with van der Waals surface area (Å²) in [5.74, 6) is -2.39. The van der Waals surface area contributed by atoms with Crippen molar-refractivity contribution in [1.82, 2.24) is 9.80 Å². The van der Waals surface area contributed by atoms with Crippen LogP contribution < -0.4 is 5.32 Å². The molecule has 4 aliphatic heterocycles. The fourth-order valence-corrected chi connectivity index (χ4v) is 7.43. The summed E-state index contributed by atoms with van der Waals surface area (Å²) in [5, 5.41) is 14.7. The van der Waals surface area contributed by atoms with Crippen LogP contribution in [0, 0.1) is 16.0 Å². The average molecular weight is 539 g/mol. The van der Waals surface area contributed by atoms with Crippen molar-refractivity contribution in [2.45, 2.75) is 36.4 Å². The normalized spacial score (nSPS) is 28.9. The number of nitro groups is 1. The molecule has 40 heavy (non-hydrogen) atoms. The van der Waals surface area contributed by atoms with E-state index >= 15 is 0 Å². The summed E-state index contributed by atoms with van der Waals surface area (Å²) in [6, 6.07) is 22.2. The second-order valence-electron chi connectivity index (χ2n) is 10.7. The van der Waals surface area contributed by atoms with Crippen molar-refractivity contribution in [3.8, 4) is 0 Å². The van der Waals surface area contributed by atoms with Gasteiger partial charge in [-0.05, 0) is 36.6 Å². The Hall–Kier alpha value is -4.57. The van der Waals surface area contributed by atoms with Crippen LogP contribution in [-0.4, -0.2) is 51.8 Å². The van der Waals surface area contributed by atoms with E-state index in [1.54, 1.807) is 0 Å². The summed E-state index contributed by atoms with van der Waals surface area (Å²) in [6.45, 7) is 0.547. The fourth-order valence-electron chi connectivity index (χ4n) is 7.43. The van der Waals surface area contributed by atoms with Gasteiger partial charge in [-0.15, -0.1) is 0 Å². The molecule has 3 aromatic rings. The highest BCUT2D eigenvalue weighted by molar-refractivity contribution is 6.11. The molecular weight excluding hydrogens is 512 g/mol. The number of hydrogen-bond donors (Lipinski definition) is 1. The zero-order valence-corrected chi connectivity index (χ0v) is 21.4. The number of fused-ring (bicyclic) bond motifs is 4. The van der Waals surface area contributed by atoms with Gasteiger partial charge in [0.25, 0.3) is 5.69 Å².